The Morgan fingerprint density at radius 2 is 2.14 bits per heavy atom. The number of rotatable bonds is 9. The van der Waals surface area contributed by atoms with E-state index in [0.29, 0.717) is 19.6 Å². The molecule has 0 aliphatic carbocycles. The Kier molecular flexibility index (Phi) is 7.79. The minimum absolute atomic E-state index is 0.0212. The first-order valence-corrected chi connectivity index (χ1v) is 7.16. The minimum atomic E-state index is -0.159. The predicted molar refractivity (Wildman–Crippen MR) is 81.5 cm³/mol. The maximum absolute atomic E-state index is 11.8. The fourth-order valence-corrected chi connectivity index (χ4v) is 2.07. The number of carbonyl (C=O) groups is 1. The highest BCUT2D eigenvalue weighted by Gasteiger charge is 2.11. The highest BCUT2D eigenvalue weighted by atomic mass is 16.5. The zero-order valence-corrected chi connectivity index (χ0v) is 13.0. The first-order chi connectivity index (χ1) is 10.1. The topological polar surface area (TPSA) is 67.8 Å². The van der Waals surface area contributed by atoms with Crippen molar-refractivity contribution in [3.63, 3.8) is 0 Å². The van der Waals surface area contributed by atoms with Gasteiger partial charge in [-0.05, 0) is 31.9 Å². The van der Waals surface area contributed by atoms with Gasteiger partial charge in [-0.25, -0.2) is 0 Å². The van der Waals surface area contributed by atoms with Gasteiger partial charge < -0.3 is 19.9 Å². The normalized spacial score (nSPS) is 12.0. The molecule has 0 bridgehead atoms. The van der Waals surface area contributed by atoms with Crippen LogP contribution in [0.25, 0.3) is 0 Å². The van der Waals surface area contributed by atoms with Crippen LogP contribution in [0.5, 0.6) is 5.75 Å². The maximum atomic E-state index is 11.8. The molecule has 1 rings (SSSR count). The summed E-state index contributed by atoms with van der Waals surface area (Å²) in [5, 5.41) is 11.7. The van der Waals surface area contributed by atoms with Gasteiger partial charge in [-0.1, -0.05) is 17.7 Å². The van der Waals surface area contributed by atoms with Crippen molar-refractivity contribution in [1.82, 2.24) is 5.32 Å². The smallest absolute Gasteiger partial charge is 0.223 e. The Balaban J connectivity index is 2.35. The molecule has 1 aromatic carbocycles. The Labute approximate surface area is 126 Å². The number of carbonyl (C=O) groups excluding carboxylic acids is 1. The minimum Gasteiger partial charge on any atom is -0.493 e. The first-order valence-electron chi connectivity index (χ1n) is 7.16. The lowest BCUT2D eigenvalue weighted by atomic mass is 10.1. The quantitative estimate of drug-likeness (QED) is 0.726. The van der Waals surface area contributed by atoms with Gasteiger partial charge in [-0.15, -0.1) is 0 Å². The molecule has 0 fully saturated rings. The molecule has 0 aromatic heterocycles. The van der Waals surface area contributed by atoms with E-state index in [9.17, 15) is 4.79 Å². The van der Waals surface area contributed by atoms with Crippen molar-refractivity contribution in [2.45, 2.75) is 32.7 Å². The Bertz CT molecular complexity index is 442. The van der Waals surface area contributed by atoms with Gasteiger partial charge in [-0.3, -0.25) is 4.79 Å². The van der Waals surface area contributed by atoms with Crippen molar-refractivity contribution in [2.75, 3.05) is 26.9 Å². The van der Waals surface area contributed by atoms with E-state index < -0.39 is 0 Å². The number of aliphatic hydroxyl groups is 1. The number of aryl methyl sites for hydroxylation is 2. The summed E-state index contributed by atoms with van der Waals surface area (Å²) in [6, 6.07) is 5.79. The summed E-state index contributed by atoms with van der Waals surface area (Å²) in [6.45, 7) is 4.76. The van der Waals surface area contributed by atoms with Gasteiger partial charge in [0, 0.05) is 13.7 Å². The second-order valence-electron chi connectivity index (χ2n) is 5.10. The summed E-state index contributed by atoms with van der Waals surface area (Å²) in [5.41, 5.74) is 2.25. The van der Waals surface area contributed by atoms with Crippen LogP contribution in [0.3, 0.4) is 0 Å². The van der Waals surface area contributed by atoms with Gasteiger partial charge >= 0.3 is 0 Å². The molecule has 0 saturated heterocycles. The van der Waals surface area contributed by atoms with E-state index in [4.69, 9.17) is 14.6 Å². The van der Waals surface area contributed by atoms with Crippen molar-refractivity contribution in [3.8, 4) is 5.75 Å². The number of aliphatic hydroxyl groups excluding tert-OH is 1. The van der Waals surface area contributed by atoms with Crippen molar-refractivity contribution in [3.05, 3.63) is 29.3 Å². The highest BCUT2D eigenvalue weighted by Crippen LogP contribution is 2.18. The number of benzene rings is 1. The van der Waals surface area contributed by atoms with Crippen molar-refractivity contribution < 1.29 is 19.4 Å². The van der Waals surface area contributed by atoms with Crippen LogP contribution in [0.15, 0.2) is 18.2 Å². The third kappa shape index (κ3) is 6.60. The Morgan fingerprint density at radius 1 is 1.38 bits per heavy atom. The molecule has 1 amide bonds. The Hall–Kier alpha value is -1.59. The molecule has 1 aromatic rings. The molecule has 0 heterocycles. The van der Waals surface area contributed by atoms with Gasteiger partial charge in [0.1, 0.15) is 5.75 Å². The zero-order chi connectivity index (χ0) is 15.7. The van der Waals surface area contributed by atoms with Gasteiger partial charge in [0.15, 0.2) is 0 Å². The summed E-state index contributed by atoms with van der Waals surface area (Å²) in [6.07, 6.45) is 0.760. The number of hydrogen-bond donors (Lipinski definition) is 2. The van der Waals surface area contributed by atoms with Crippen LogP contribution in [-0.2, 0) is 9.53 Å². The average molecular weight is 295 g/mol. The van der Waals surface area contributed by atoms with Gasteiger partial charge in [0.2, 0.25) is 5.91 Å². The molecule has 118 valence electrons. The second-order valence-corrected chi connectivity index (χ2v) is 5.10. The van der Waals surface area contributed by atoms with E-state index >= 15 is 0 Å². The number of ether oxygens (including phenoxy) is 2. The summed E-state index contributed by atoms with van der Waals surface area (Å²) < 4.78 is 10.6. The van der Waals surface area contributed by atoms with Crippen molar-refractivity contribution in [1.29, 1.82) is 0 Å². The molecular formula is C16H25NO4. The molecule has 1 unspecified atom stereocenters. The van der Waals surface area contributed by atoms with E-state index in [1.165, 1.54) is 5.56 Å². The maximum Gasteiger partial charge on any atom is 0.223 e. The van der Waals surface area contributed by atoms with Crippen LogP contribution in [0.1, 0.15) is 24.0 Å². The third-order valence-electron chi connectivity index (χ3n) is 3.13. The van der Waals surface area contributed by atoms with E-state index in [1.54, 1.807) is 7.11 Å². The molecule has 0 aliphatic heterocycles. The number of methoxy groups -OCH3 is 1. The van der Waals surface area contributed by atoms with E-state index in [-0.39, 0.29) is 25.0 Å². The molecule has 5 nitrogen and oxygen atoms in total. The largest absolute Gasteiger partial charge is 0.493 e. The molecule has 1 atom stereocenters. The third-order valence-corrected chi connectivity index (χ3v) is 3.13. The average Bonchev–Trinajstić information content (AvgIpc) is 2.42. The summed E-state index contributed by atoms with van der Waals surface area (Å²) >= 11 is 0. The van der Waals surface area contributed by atoms with Crippen LogP contribution < -0.4 is 10.1 Å². The molecule has 5 heteroatoms. The standard InChI is InChI=1S/C16H25NO4/c1-12-4-5-15(13(2)10-12)21-9-7-16(19)17-14(6-8-18)11-20-3/h4-5,10,14,18H,6-9,11H2,1-3H3,(H,17,19). The summed E-state index contributed by atoms with van der Waals surface area (Å²) in [7, 11) is 1.57. The molecule has 0 aliphatic rings. The van der Waals surface area contributed by atoms with Gasteiger partial charge in [0.25, 0.3) is 0 Å². The Morgan fingerprint density at radius 3 is 2.76 bits per heavy atom. The van der Waals surface area contributed by atoms with Crippen LogP contribution in [-0.4, -0.2) is 44.0 Å². The molecule has 0 radical (unpaired) electrons. The second kappa shape index (κ2) is 9.37. The first kappa shape index (κ1) is 17.5. The predicted octanol–water partition coefficient (Wildman–Crippen LogP) is 1.59. The number of nitrogens with one attached hydrogen (secondary N) is 1. The van der Waals surface area contributed by atoms with Crippen LogP contribution >= 0.6 is 0 Å². The van der Waals surface area contributed by atoms with E-state index in [2.05, 4.69) is 5.32 Å². The molecular weight excluding hydrogens is 270 g/mol. The molecule has 2 N–H and O–H groups in total. The van der Waals surface area contributed by atoms with Crippen LogP contribution in [0.4, 0.5) is 0 Å². The molecule has 21 heavy (non-hydrogen) atoms. The van der Waals surface area contributed by atoms with Crippen LogP contribution in [0.2, 0.25) is 0 Å². The fourth-order valence-electron chi connectivity index (χ4n) is 2.07. The summed E-state index contributed by atoms with van der Waals surface area (Å²) in [5.74, 6) is 0.701. The zero-order valence-electron chi connectivity index (χ0n) is 13.0. The SMILES string of the molecule is COCC(CCO)NC(=O)CCOc1ccc(C)cc1C. The van der Waals surface area contributed by atoms with Crippen LogP contribution in [0, 0.1) is 13.8 Å². The van der Waals surface area contributed by atoms with E-state index in [1.807, 2.05) is 32.0 Å². The van der Waals surface area contributed by atoms with Gasteiger partial charge in [0.05, 0.1) is 25.7 Å². The lowest BCUT2D eigenvalue weighted by molar-refractivity contribution is -0.122. The fraction of sp³-hybridized carbons (Fsp3) is 0.562. The van der Waals surface area contributed by atoms with Crippen molar-refractivity contribution in [2.24, 2.45) is 0 Å². The number of hydrogen-bond acceptors (Lipinski definition) is 4. The monoisotopic (exact) mass is 295 g/mol. The lowest BCUT2D eigenvalue weighted by Gasteiger charge is -2.17. The van der Waals surface area contributed by atoms with Gasteiger partial charge in [-0.2, -0.15) is 0 Å². The molecule has 0 spiro atoms. The lowest BCUT2D eigenvalue weighted by Crippen LogP contribution is -2.39. The van der Waals surface area contributed by atoms with E-state index in [0.717, 1.165) is 11.3 Å². The number of amides is 1. The highest BCUT2D eigenvalue weighted by molar-refractivity contribution is 5.76. The summed E-state index contributed by atoms with van der Waals surface area (Å²) in [4.78, 5) is 11.8. The van der Waals surface area contributed by atoms with Crippen molar-refractivity contribution >= 4 is 5.91 Å². The molecule has 0 saturated carbocycles.